The van der Waals surface area contributed by atoms with E-state index in [1.54, 1.807) is 12.1 Å². The molecule has 4 rings (SSSR count). The van der Waals surface area contributed by atoms with Crippen LogP contribution in [0, 0.1) is 18.3 Å². The number of furan rings is 1. The van der Waals surface area contributed by atoms with Crippen molar-refractivity contribution in [3.63, 3.8) is 0 Å². The molecule has 1 amide bonds. The molecule has 3 aromatic rings. The average molecular weight is 423 g/mol. The molecule has 146 valence electrons. The molecule has 2 heterocycles. The molecule has 0 aliphatic heterocycles. The van der Waals surface area contributed by atoms with Crippen LogP contribution in [0.1, 0.15) is 40.2 Å². The molecule has 0 fully saturated rings. The second kappa shape index (κ2) is 8.28. The monoisotopic (exact) mass is 422 g/mol. The topological polar surface area (TPSA) is 66.0 Å². The third-order valence-electron chi connectivity index (χ3n) is 5.00. The van der Waals surface area contributed by atoms with Gasteiger partial charge >= 0.3 is 0 Å². The van der Waals surface area contributed by atoms with E-state index < -0.39 is 0 Å². The number of nitrogens with one attached hydrogen (secondary N) is 1. The summed E-state index contributed by atoms with van der Waals surface area (Å²) in [5.41, 5.74) is 3.61. The zero-order chi connectivity index (χ0) is 20.4. The molecule has 29 heavy (non-hydrogen) atoms. The van der Waals surface area contributed by atoms with Gasteiger partial charge in [0.05, 0.1) is 5.56 Å². The Balaban J connectivity index is 1.47. The second-order valence-electron chi connectivity index (χ2n) is 7.02. The van der Waals surface area contributed by atoms with Crippen LogP contribution in [-0.4, -0.2) is 5.91 Å². The summed E-state index contributed by atoms with van der Waals surface area (Å²) in [4.78, 5) is 13.6. The third kappa shape index (κ3) is 4.14. The predicted molar refractivity (Wildman–Crippen MR) is 117 cm³/mol. The van der Waals surface area contributed by atoms with Crippen molar-refractivity contribution >= 4 is 39.9 Å². The second-order valence-corrected chi connectivity index (χ2v) is 8.53. The molecule has 0 atom stereocenters. The van der Waals surface area contributed by atoms with Gasteiger partial charge in [-0.3, -0.25) is 4.79 Å². The number of hydrogen-bond acceptors (Lipinski definition) is 4. The van der Waals surface area contributed by atoms with Crippen LogP contribution in [0.2, 0.25) is 5.02 Å². The van der Waals surface area contributed by atoms with E-state index in [1.807, 2.05) is 31.2 Å². The van der Waals surface area contributed by atoms with E-state index in [9.17, 15) is 10.1 Å². The summed E-state index contributed by atoms with van der Waals surface area (Å²) in [5, 5.41) is 13.7. The maximum Gasteiger partial charge on any atom is 0.249 e. The van der Waals surface area contributed by atoms with Crippen molar-refractivity contribution < 1.29 is 9.21 Å². The minimum absolute atomic E-state index is 0.281. The Hall–Kier alpha value is -2.81. The van der Waals surface area contributed by atoms with Crippen LogP contribution in [-0.2, 0) is 17.6 Å². The lowest BCUT2D eigenvalue weighted by atomic mass is 9.96. The fraction of sp³-hybridized carbons (Fsp3) is 0.217. The van der Waals surface area contributed by atoms with Gasteiger partial charge in [-0.1, -0.05) is 23.7 Å². The van der Waals surface area contributed by atoms with Crippen molar-refractivity contribution in [1.82, 2.24) is 0 Å². The van der Waals surface area contributed by atoms with Gasteiger partial charge in [0, 0.05) is 21.5 Å². The number of thiophene rings is 1. The first-order chi connectivity index (χ1) is 14.0. The van der Waals surface area contributed by atoms with Gasteiger partial charge in [0.25, 0.3) is 0 Å². The van der Waals surface area contributed by atoms with E-state index >= 15 is 0 Å². The van der Waals surface area contributed by atoms with E-state index in [0.29, 0.717) is 27.1 Å². The Labute approximate surface area is 178 Å². The van der Waals surface area contributed by atoms with E-state index in [4.69, 9.17) is 16.0 Å². The van der Waals surface area contributed by atoms with Gasteiger partial charge in [0.2, 0.25) is 5.91 Å². The maximum absolute atomic E-state index is 12.4. The van der Waals surface area contributed by atoms with Crippen LogP contribution in [0.15, 0.2) is 40.8 Å². The molecule has 1 aliphatic carbocycles. The SMILES string of the molecule is Cc1ccc(-c2ccc(/C=C/C(=O)Nc3sc4c(c3C#N)CCCC4)o2)cc1Cl. The van der Waals surface area contributed by atoms with Crippen molar-refractivity contribution in [2.24, 2.45) is 0 Å². The Kier molecular flexibility index (Phi) is 5.57. The number of hydrogen-bond donors (Lipinski definition) is 1. The fourth-order valence-electron chi connectivity index (χ4n) is 3.43. The number of halogens is 1. The van der Waals surface area contributed by atoms with E-state index in [2.05, 4.69) is 11.4 Å². The van der Waals surface area contributed by atoms with E-state index in [0.717, 1.165) is 42.4 Å². The number of carbonyl (C=O) groups is 1. The highest BCUT2D eigenvalue weighted by Crippen LogP contribution is 2.37. The molecule has 0 saturated heterocycles. The standard InChI is InChI=1S/C23H19ClN2O2S/c1-14-6-7-15(12-19(14)24)20-10-8-16(28-20)9-11-22(27)26-23-18(13-25)17-4-2-3-5-21(17)29-23/h6-12H,2-5H2,1H3,(H,26,27)/b11-9+. The van der Waals surface area contributed by atoms with E-state index in [-0.39, 0.29) is 5.91 Å². The first-order valence-corrected chi connectivity index (χ1v) is 10.6. The summed E-state index contributed by atoms with van der Waals surface area (Å²) in [6.07, 6.45) is 7.17. The molecule has 0 bridgehead atoms. The van der Waals surface area contributed by atoms with Crippen LogP contribution in [0.4, 0.5) is 5.00 Å². The van der Waals surface area contributed by atoms with Crippen LogP contribution in [0.25, 0.3) is 17.4 Å². The molecule has 0 spiro atoms. The maximum atomic E-state index is 12.4. The predicted octanol–water partition coefficient (Wildman–Crippen LogP) is 6.37. The Morgan fingerprint density at radius 1 is 1.28 bits per heavy atom. The zero-order valence-electron chi connectivity index (χ0n) is 15.9. The van der Waals surface area contributed by atoms with Crippen molar-refractivity contribution in [1.29, 1.82) is 5.26 Å². The minimum atomic E-state index is -0.281. The fourth-order valence-corrected chi connectivity index (χ4v) is 4.85. The average Bonchev–Trinajstić information content (AvgIpc) is 3.32. The minimum Gasteiger partial charge on any atom is -0.457 e. The number of amides is 1. The molecule has 6 heteroatoms. The Bertz CT molecular complexity index is 1150. The molecule has 1 aromatic carbocycles. The summed E-state index contributed by atoms with van der Waals surface area (Å²) in [7, 11) is 0. The highest BCUT2D eigenvalue weighted by Gasteiger charge is 2.21. The molecule has 1 aliphatic rings. The Morgan fingerprint density at radius 2 is 2.10 bits per heavy atom. The van der Waals surface area contributed by atoms with Crippen LogP contribution < -0.4 is 5.32 Å². The summed E-state index contributed by atoms with van der Waals surface area (Å²) in [6, 6.07) is 11.7. The first-order valence-electron chi connectivity index (χ1n) is 9.45. The van der Waals surface area contributed by atoms with Gasteiger partial charge in [-0.25, -0.2) is 0 Å². The number of nitriles is 1. The van der Waals surface area contributed by atoms with Crippen molar-refractivity contribution in [3.8, 4) is 17.4 Å². The van der Waals surface area contributed by atoms with Crippen LogP contribution >= 0.6 is 22.9 Å². The lowest BCUT2D eigenvalue weighted by Gasteiger charge is -2.09. The van der Waals surface area contributed by atoms with Crippen LogP contribution in [0.5, 0.6) is 0 Å². The molecular weight excluding hydrogens is 404 g/mol. The third-order valence-corrected chi connectivity index (χ3v) is 6.62. The summed E-state index contributed by atoms with van der Waals surface area (Å²) < 4.78 is 5.80. The van der Waals surface area contributed by atoms with E-state index in [1.165, 1.54) is 22.3 Å². The molecular formula is C23H19ClN2O2S. The Morgan fingerprint density at radius 3 is 2.90 bits per heavy atom. The molecule has 1 N–H and O–H groups in total. The van der Waals surface area contributed by atoms with Gasteiger partial charge in [-0.15, -0.1) is 11.3 Å². The largest absolute Gasteiger partial charge is 0.457 e. The number of nitrogens with zero attached hydrogens (tertiary/aromatic N) is 1. The van der Waals surface area contributed by atoms with Gasteiger partial charge in [-0.2, -0.15) is 5.26 Å². The molecule has 0 radical (unpaired) electrons. The lowest BCUT2D eigenvalue weighted by molar-refractivity contribution is -0.111. The quantitative estimate of drug-likeness (QED) is 0.496. The summed E-state index contributed by atoms with van der Waals surface area (Å²) >= 11 is 7.70. The van der Waals surface area contributed by atoms with Gasteiger partial charge in [0.1, 0.15) is 22.6 Å². The molecule has 2 aromatic heterocycles. The molecule has 0 unspecified atom stereocenters. The zero-order valence-corrected chi connectivity index (χ0v) is 17.5. The van der Waals surface area contributed by atoms with Crippen molar-refractivity contribution in [3.05, 3.63) is 68.8 Å². The number of anilines is 1. The number of aryl methyl sites for hydroxylation is 2. The number of benzene rings is 1. The number of rotatable bonds is 4. The lowest BCUT2D eigenvalue weighted by Crippen LogP contribution is -2.07. The molecule has 4 nitrogen and oxygen atoms in total. The summed E-state index contributed by atoms with van der Waals surface area (Å²) in [6.45, 7) is 1.95. The smallest absolute Gasteiger partial charge is 0.249 e. The molecule has 0 saturated carbocycles. The normalized spacial score (nSPS) is 13.3. The van der Waals surface area contributed by atoms with Gasteiger partial charge in [0.15, 0.2) is 0 Å². The highest BCUT2D eigenvalue weighted by molar-refractivity contribution is 7.16. The summed E-state index contributed by atoms with van der Waals surface area (Å²) in [5.74, 6) is 0.971. The first kappa shape index (κ1) is 19.5. The van der Waals surface area contributed by atoms with Crippen molar-refractivity contribution in [2.75, 3.05) is 5.32 Å². The van der Waals surface area contributed by atoms with Gasteiger partial charge < -0.3 is 9.73 Å². The number of carbonyl (C=O) groups excluding carboxylic acids is 1. The van der Waals surface area contributed by atoms with Crippen LogP contribution in [0.3, 0.4) is 0 Å². The number of fused-ring (bicyclic) bond motifs is 1. The van der Waals surface area contributed by atoms with Gasteiger partial charge in [-0.05, 0) is 68.0 Å². The van der Waals surface area contributed by atoms with Crippen molar-refractivity contribution in [2.45, 2.75) is 32.6 Å². The highest BCUT2D eigenvalue weighted by atomic mass is 35.5.